The van der Waals surface area contributed by atoms with Crippen molar-refractivity contribution in [2.24, 2.45) is 0 Å². The van der Waals surface area contributed by atoms with Crippen molar-refractivity contribution in [3.63, 3.8) is 0 Å². The van der Waals surface area contributed by atoms with Gasteiger partial charge in [-0.2, -0.15) is 13.2 Å². The molecule has 1 saturated heterocycles. The molecule has 0 saturated carbocycles. The van der Waals surface area contributed by atoms with E-state index in [0.717, 1.165) is 11.6 Å². The van der Waals surface area contributed by atoms with E-state index in [1.807, 2.05) is 19.1 Å². The van der Waals surface area contributed by atoms with Gasteiger partial charge in [0.25, 0.3) is 11.8 Å². The number of rotatable bonds is 3. The van der Waals surface area contributed by atoms with E-state index in [-0.39, 0.29) is 17.7 Å². The second-order valence-electron chi connectivity index (χ2n) is 7.00. The Hall–Kier alpha value is -2.77. The highest BCUT2D eigenvalue weighted by Crippen LogP contribution is 2.34. The van der Waals surface area contributed by atoms with Crippen LogP contribution in [0.3, 0.4) is 0 Å². The Kier molecular flexibility index (Phi) is 5.49. The monoisotopic (exact) mass is 394 g/mol. The van der Waals surface area contributed by atoms with Gasteiger partial charge in [-0.05, 0) is 44.9 Å². The van der Waals surface area contributed by atoms with Crippen molar-refractivity contribution >= 4 is 11.8 Å². The Bertz CT molecular complexity index is 864. The number of amides is 2. The number of aryl methyl sites for hydroxylation is 2. The normalized spacial score (nSPS) is 15.5. The molecule has 1 aromatic heterocycles. The Morgan fingerprint density at radius 1 is 1.11 bits per heavy atom. The molecule has 0 radical (unpaired) electrons. The van der Waals surface area contributed by atoms with Crippen LogP contribution in [0.1, 0.15) is 50.6 Å². The first-order valence-corrected chi connectivity index (χ1v) is 8.99. The van der Waals surface area contributed by atoms with Gasteiger partial charge >= 0.3 is 6.18 Å². The topological polar surface area (TPSA) is 62.6 Å². The largest absolute Gasteiger partial charge is 0.456 e. The van der Waals surface area contributed by atoms with Crippen molar-refractivity contribution in [2.75, 3.05) is 13.1 Å². The van der Waals surface area contributed by atoms with Gasteiger partial charge in [-0.1, -0.05) is 17.7 Å². The van der Waals surface area contributed by atoms with E-state index in [1.54, 1.807) is 17.0 Å². The van der Waals surface area contributed by atoms with Gasteiger partial charge in [0.2, 0.25) is 5.76 Å². The van der Waals surface area contributed by atoms with Crippen LogP contribution >= 0.6 is 0 Å². The lowest BCUT2D eigenvalue weighted by Gasteiger charge is -2.32. The second kappa shape index (κ2) is 7.69. The summed E-state index contributed by atoms with van der Waals surface area (Å²) in [5.74, 6) is -2.16. The molecule has 0 bridgehead atoms. The molecule has 150 valence electrons. The van der Waals surface area contributed by atoms with E-state index < -0.39 is 23.4 Å². The van der Waals surface area contributed by atoms with Gasteiger partial charge in [0.15, 0.2) is 0 Å². The van der Waals surface area contributed by atoms with E-state index in [9.17, 15) is 22.8 Å². The number of nitrogens with one attached hydrogen (secondary N) is 1. The number of piperidine rings is 1. The number of hydrogen-bond acceptors (Lipinski definition) is 3. The molecule has 3 rings (SSSR count). The van der Waals surface area contributed by atoms with Crippen molar-refractivity contribution in [1.29, 1.82) is 0 Å². The van der Waals surface area contributed by atoms with Crippen molar-refractivity contribution in [3.8, 4) is 0 Å². The predicted molar refractivity (Wildman–Crippen MR) is 96.0 cm³/mol. The molecular weight excluding hydrogens is 373 g/mol. The summed E-state index contributed by atoms with van der Waals surface area (Å²) in [6.45, 7) is 4.15. The molecule has 1 aliphatic rings. The van der Waals surface area contributed by atoms with Crippen LogP contribution in [0.4, 0.5) is 13.2 Å². The minimum atomic E-state index is -4.73. The standard InChI is InChI=1S/C20H21F3N2O3/c1-12-3-5-14(6-4-12)19(27)25-9-7-15(8-10-25)24-18(26)16-11-13(2)28-17(16)20(21,22)23/h3-6,11,15H,7-10H2,1-2H3,(H,24,26). The average molecular weight is 394 g/mol. The molecule has 1 aliphatic heterocycles. The maximum Gasteiger partial charge on any atom is 0.450 e. The van der Waals surface area contributed by atoms with Gasteiger partial charge < -0.3 is 14.6 Å². The van der Waals surface area contributed by atoms with Crippen LogP contribution in [0.15, 0.2) is 34.7 Å². The summed E-state index contributed by atoms with van der Waals surface area (Å²) in [6, 6.07) is 8.06. The fraction of sp³-hybridized carbons (Fsp3) is 0.400. The minimum Gasteiger partial charge on any atom is -0.456 e. The zero-order chi connectivity index (χ0) is 20.5. The maximum absolute atomic E-state index is 13.0. The summed E-state index contributed by atoms with van der Waals surface area (Å²) < 4.78 is 43.7. The summed E-state index contributed by atoms with van der Waals surface area (Å²) in [5.41, 5.74) is 1.14. The smallest absolute Gasteiger partial charge is 0.450 e. The molecule has 0 aliphatic carbocycles. The highest BCUT2D eigenvalue weighted by molar-refractivity contribution is 5.96. The molecule has 1 aromatic carbocycles. The number of carbonyl (C=O) groups excluding carboxylic acids is 2. The molecule has 2 aromatic rings. The number of halogens is 3. The zero-order valence-electron chi connectivity index (χ0n) is 15.6. The van der Waals surface area contributed by atoms with Gasteiger partial charge in [0.05, 0.1) is 5.56 Å². The fourth-order valence-electron chi connectivity index (χ4n) is 3.26. The van der Waals surface area contributed by atoms with E-state index >= 15 is 0 Å². The SMILES string of the molecule is Cc1ccc(C(=O)N2CCC(NC(=O)c3cc(C)oc3C(F)(F)F)CC2)cc1. The van der Waals surface area contributed by atoms with E-state index in [2.05, 4.69) is 9.73 Å². The van der Waals surface area contributed by atoms with E-state index in [4.69, 9.17) is 0 Å². The molecule has 2 amide bonds. The van der Waals surface area contributed by atoms with Crippen LogP contribution in [0.25, 0.3) is 0 Å². The molecule has 5 nitrogen and oxygen atoms in total. The molecular formula is C20H21F3N2O3. The van der Waals surface area contributed by atoms with Gasteiger partial charge in [-0.25, -0.2) is 0 Å². The highest BCUT2D eigenvalue weighted by atomic mass is 19.4. The molecule has 0 atom stereocenters. The third kappa shape index (κ3) is 4.37. The zero-order valence-corrected chi connectivity index (χ0v) is 15.6. The predicted octanol–water partition coefficient (Wildman–Crippen LogP) is 3.95. The quantitative estimate of drug-likeness (QED) is 0.858. The number of likely N-dealkylation sites (tertiary alicyclic amines) is 1. The van der Waals surface area contributed by atoms with Gasteiger partial charge in [0.1, 0.15) is 5.76 Å². The van der Waals surface area contributed by atoms with Crippen LogP contribution in [0, 0.1) is 13.8 Å². The number of benzene rings is 1. The molecule has 28 heavy (non-hydrogen) atoms. The maximum atomic E-state index is 13.0. The summed E-state index contributed by atoms with van der Waals surface area (Å²) in [6.07, 6.45) is -3.78. The first-order chi connectivity index (χ1) is 13.1. The van der Waals surface area contributed by atoms with Gasteiger partial charge in [0, 0.05) is 24.7 Å². The summed E-state index contributed by atoms with van der Waals surface area (Å²) >= 11 is 0. The molecule has 1 N–H and O–H groups in total. The molecule has 0 spiro atoms. The lowest BCUT2D eigenvalue weighted by molar-refractivity contribution is -0.153. The summed E-state index contributed by atoms with van der Waals surface area (Å²) in [7, 11) is 0. The Labute approximate surface area is 160 Å². The fourth-order valence-corrected chi connectivity index (χ4v) is 3.26. The number of hydrogen-bond donors (Lipinski definition) is 1. The average Bonchev–Trinajstić information content (AvgIpc) is 3.05. The third-order valence-corrected chi connectivity index (χ3v) is 4.77. The van der Waals surface area contributed by atoms with Crippen molar-refractivity contribution in [3.05, 3.63) is 58.5 Å². The Morgan fingerprint density at radius 2 is 1.71 bits per heavy atom. The highest BCUT2D eigenvalue weighted by Gasteiger charge is 2.40. The number of carbonyl (C=O) groups is 2. The number of alkyl halides is 3. The molecule has 2 heterocycles. The van der Waals surface area contributed by atoms with Crippen LogP contribution in [0.5, 0.6) is 0 Å². The number of furan rings is 1. The van der Waals surface area contributed by atoms with Gasteiger partial charge in [-0.15, -0.1) is 0 Å². The van der Waals surface area contributed by atoms with Gasteiger partial charge in [-0.3, -0.25) is 9.59 Å². The number of nitrogens with zero attached hydrogens (tertiary/aromatic N) is 1. The van der Waals surface area contributed by atoms with Crippen LogP contribution in [0.2, 0.25) is 0 Å². The lowest BCUT2D eigenvalue weighted by atomic mass is 10.0. The molecule has 0 unspecified atom stereocenters. The van der Waals surface area contributed by atoms with E-state index in [1.165, 1.54) is 6.92 Å². The van der Waals surface area contributed by atoms with Crippen molar-refractivity contribution < 1.29 is 27.2 Å². The Balaban J connectivity index is 1.59. The first-order valence-electron chi connectivity index (χ1n) is 8.99. The Morgan fingerprint density at radius 3 is 2.29 bits per heavy atom. The van der Waals surface area contributed by atoms with Crippen LogP contribution in [-0.4, -0.2) is 35.8 Å². The van der Waals surface area contributed by atoms with E-state index in [0.29, 0.717) is 31.5 Å². The molecule has 8 heteroatoms. The second-order valence-corrected chi connectivity index (χ2v) is 7.00. The van der Waals surface area contributed by atoms with Crippen LogP contribution < -0.4 is 5.32 Å². The van der Waals surface area contributed by atoms with Crippen LogP contribution in [-0.2, 0) is 6.18 Å². The molecule has 1 fully saturated rings. The first kappa shape index (κ1) is 20.0. The van der Waals surface area contributed by atoms with Crippen molar-refractivity contribution in [1.82, 2.24) is 10.2 Å². The third-order valence-electron chi connectivity index (χ3n) is 4.77. The van der Waals surface area contributed by atoms with Crippen molar-refractivity contribution in [2.45, 2.75) is 38.9 Å². The minimum absolute atomic E-state index is 0.0241. The summed E-state index contributed by atoms with van der Waals surface area (Å²) in [5, 5.41) is 2.63. The lowest BCUT2D eigenvalue weighted by Crippen LogP contribution is -2.46. The summed E-state index contributed by atoms with van der Waals surface area (Å²) in [4.78, 5) is 26.5.